The third-order valence-corrected chi connectivity index (χ3v) is 4.09. The van der Waals surface area contributed by atoms with Crippen molar-refractivity contribution >= 4 is 29.1 Å². The monoisotopic (exact) mass is 353 g/mol. The molecular formula is C18H15N3O5. The van der Waals surface area contributed by atoms with E-state index in [1.54, 1.807) is 18.2 Å². The first kappa shape index (κ1) is 17.3. The van der Waals surface area contributed by atoms with Crippen molar-refractivity contribution in [1.82, 2.24) is 4.90 Å². The summed E-state index contributed by atoms with van der Waals surface area (Å²) in [7, 11) is 0. The number of hydrogen-bond acceptors (Lipinski definition) is 5. The number of fused-ring (bicyclic) bond motifs is 1. The summed E-state index contributed by atoms with van der Waals surface area (Å²) in [6.45, 7) is 1.46. The zero-order valence-corrected chi connectivity index (χ0v) is 13.9. The zero-order chi connectivity index (χ0) is 18.8. The highest BCUT2D eigenvalue weighted by Gasteiger charge is 2.41. The molecule has 132 valence electrons. The number of anilines is 1. The van der Waals surface area contributed by atoms with E-state index in [1.807, 2.05) is 13.0 Å². The van der Waals surface area contributed by atoms with E-state index in [4.69, 9.17) is 0 Å². The number of benzene rings is 2. The summed E-state index contributed by atoms with van der Waals surface area (Å²) in [6, 6.07) is 11.0. The minimum Gasteiger partial charge on any atom is -0.325 e. The minimum atomic E-state index is -0.838. The lowest BCUT2D eigenvalue weighted by molar-refractivity contribution is -0.385. The molecule has 8 heteroatoms. The molecule has 0 saturated carbocycles. The fourth-order valence-corrected chi connectivity index (χ4v) is 2.82. The van der Waals surface area contributed by atoms with Gasteiger partial charge in [0.15, 0.2) is 0 Å². The van der Waals surface area contributed by atoms with Crippen LogP contribution in [0.4, 0.5) is 11.4 Å². The molecule has 0 radical (unpaired) electrons. The lowest BCUT2D eigenvalue weighted by Gasteiger charge is -2.13. The molecule has 0 saturated heterocycles. The number of hydrogen-bond donors (Lipinski definition) is 1. The van der Waals surface area contributed by atoms with Crippen LogP contribution in [0.25, 0.3) is 0 Å². The van der Waals surface area contributed by atoms with Crippen LogP contribution in [0.3, 0.4) is 0 Å². The van der Waals surface area contributed by atoms with Crippen LogP contribution in [-0.2, 0) is 11.2 Å². The second-order valence-corrected chi connectivity index (χ2v) is 5.76. The van der Waals surface area contributed by atoms with Gasteiger partial charge in [0.2, 0.25) is 5.91 Å². The summed E-state index contributed by atoms with van der Waals surface area (Å²) in [6.07, 6.45) is 0.797. The van der Waals surface area contributed by atoms with Crippen molar-refractivity contribution < 1.29 is 19.3 Å². The van der Waals surface area contributed by atoms with Gasteiger partial charge in [-0.05, 0) is 30.2 Å². The normalized spacial score (nSPS) is 12.9. The maximum atomic E-state index is 12.4. The Morgan fingerprint density at radius 3 is 2.58 bits per heavy atom. The third-order valence-electron chi connectivity index (χ3n) is 4.09. The predicted octanol–water partition coefficient (Wildman–Crippen LogP) is 2.39. The number of aryl methyl sites for hydroxylation is 1. The Balaban J connectivity index is 1.79. The Morgan fingerprint density at radius 1 is 1.15 bits per heavy atom. The first-order valence-electron chi connectivity index (χ1n) is 7.94. The molecule has 1 N–H and O–H groups in total. The fraction of sp³-hybridized carbons (Fsp3) is 0.167. The predicted molar refractivity (Wildman–Crippen MR) is 92.9 cm³/mol. The summed E-state index contributed by atoms with van der Waals surface area (Å²) in [5.74, 6) is -2.11. The van der Waals surface area contributed by atoms with Crippen molar-refractivity contribution in [2.45, 2.75) is 13.3 Å². The van der Waals surface area contributed by atoms with Gasteiger partial charge in [0.05, 0.1) is 10.5 Å². The average Bonchev–Trinajstić information content (AvgIpc) is 2.86. The van der Waals surface area contributed by atoms with Crippen molar-refractivity contribution in [1.29, 1.82) is 0 Å². The van der Waals surface area contributed by atoms with Crippen LogP contribution >= 0.6 is 0 Å². The molecule has 2 aromatic carbocycles. The molecule has 0 fully saturated rings. The van der Waals surface area contributed by atoms with Crippen LogP contribution in [0.1, 0.15) is 33.2 Å². The van der Waals surface area contributed by atoms with Crippen LogP contribution in [0.2, 0.25) is 0 Å². The molecule has 3 amide bonds. The summed E-state index contributed by atoms with van der Waals surface area (Å²) >= 11 is 0. The number of nitro benzene ring substituents is 1. The standard InChI is InChI=1S/C18H15N3O5/c1-2-11-5-3-6-12(9-11)19-15(22)10-20-17(23)13-7-4-8-14(21(25)26)16(13)18(20)24/h3-9H,2,10H2,1H3,(H,19,22). The minimum absolute atomic E-state index is 0.0648. The highest BCUT2D eigenvalue weighted by atomic mass is 16.6. The first-order chi connectivity index (χ1) is 12.4. The average molecular weight is 353 g/mol. The van der Waals surface area contributed by atoms with Gasteiger partial charge in [0.25, 0.3) is 17.5 Å². The van der Waals surface area contributed by atoms with Gasteiger partial charge < -0.3 is 5.32 Å². The lowest BCUT2D eigenvalue weighted by atomic mass is 10.1. The number of nitrogens with zero attached hydrogens (tertiary/aromatic N) is 2. The van der Waals surface area contributed by atoms with Crippen molar-refractivity contribution in [3.63, 3.8) is 0 Å². The molecule has 3 rings (SSSR count). The molecule has 0 unspecified atom stereocenters. The topological polar surface area (TPSA) is 110 Å². The SMILES string of the molecule is CCc1cccc(NC(=O)CN2C(=O)c3cccc([N+](=O)[O-])c3C2=O)c1. The number of imide groups is 1. The Bertz CT molecular complexity index is 938. The van der Waals surface area contributed by atoms with Gasteiger partial charge in [0.1, 0.15) is 12.1 Å². The second kappa shape index (κ2) is 6.75. The number of rotatable bonds is 5. The molecular weight excluding hydrogens is 338 g/mol. The summed E-state index contributed by atoms with van der Waals surface area (Å²) < 4.78 is 0. The third kappa shape index (κ3) is 3.04. The molecule has 8 nitrogen and oxygen atoms in total. The van der Waals surface area contributed by atoms with Gasteiger partial charge in [-0.3, -0.25) is 29.4 Å². The molecule has 0 spiro atoms. The van der Waals surface area contributed by atoms with E-state index < -0.39 is 34.9 Å². The molecule has 1 aliphatic rings. The van der Waals surface area contributed by atoms with Crippen LogP contribution in [0.5, 0.6) is 0 Å². The van der Waals surface area contributed by atoms with Crippen LogP contribution in [0, 0.1) is 10.1 Å². The van der Waals surface area contributed by atoms with E-state index in [0.29, 0.717) is 5.69 Å². The van der Waals surface area contributed by atoms with Crippen LogP contribution in [0.15, 0.2) is 42.5 Å². The highest BCUT2D eigenvalue weighted by molar-refractivity contribution is 6.24. The van der Waals surface area contributed by atoms with E-state index in [1.165, 1.54) is 12.1 Å². The maximum absolute atomic E-state index is 12.4. The number of nitrogens with one attached hydrogen (secondary N) is 1. The van der Waals surface area contributed by atoms with Gasteiger partial charge in [-0.25, -0.2) is 0 Å². The van der Waals surface area contributed by atoms with E-state index in [2.05, 4.69) is 5.32 Å². The lowest BCUT2D eigenvalue weighted by Crippen LogP contribution is -2.37. The first-order valence-corrected chi connectivity index (χ1v) is 7.94. The number of nitro groups is 1. The van der Waals surface area contributed by atoms with Gasteiger partial charge in [-0.2, -0.15) is 0 Å². The van der Waals surface area contributed by atoms with Crippen molar-refractivity contribution in [3.05, 3.63) is 69.3 Å². The van der Waals surface area contributed by atoms with Gasteiger partial charge >= 0.3 is 0 Å². The smallest absolute Gasteiger partial charge is 0.282 e. The molecule has 0 aromatic heterocycles. The van der Waals surface area contributed by atoms with Gasteiger partial charge in [-0.1, -0.05) is 25.1 Å². The van der Waals surface area contributed by atoms with E-state index in [-0.39, 0.29) is 11.1 Å². The molecule has 1 heterocycles. The second-order valence-electron chi connectivity index (χ2n) is 5.76. The highest BCUT2D eigenvalue weighted by Crippen LogP contribution is 2.30. The van der Waals surface area contributed by atoms with Crippen molar-refractivity contribution in [3.8, 4) is 0 Å². The Kier molecular flexibility index (Phi) is 4.49. The largest absolute Gasteiger partial charge is 0.325 e. The number of carbonyl (C=O) groups is 3. The van der Waals surface area contributed by atoms with E-state index in [9.17, 15) is 24.5 Å². The molecule has 0 aliphatic carbocycles. The van der Waals surface area contributed by atoms with Crippen molar-refractivity contribution in [2.24, 2.45) is 0 Å². The van der Waals surface area contributed by atoms with E-state index >= 15 is 0 Å². The zero-order valence-electron chi connectivity index (χ0n) is 13.9. The molecule has 1 aliphatic heterocycles. The number of amides is 3. The summed E-state index contributed by atoms with van der Waals surface area (Å²) in [5, 5.41) is 13.7. The van der Waals surface area contributed by atoms with Crippen LogP contribution in [-0.4, -0.2) is 34.1 Å². The van der Waals surface area contributed by atoms with E-state index in [0.717, 1.165) is 23.0 Å². The Hall–Kier alpha value is -3.55. The quantitative estimate of drug-likeness (QED) is 0.504. The Morgan fingerprint density at radius 2 is 1.88 bits per heavy atom. The molecule has 0 bridgehead atoms. The van der Waals surface area contributed by atoms with Gasteiger partial charge in [-0.15, -0.1) is 0 Å². The summed E-state index contributed by atoms with van der Waals surface area (Å²) in [4.78, 5) is 48.1. The molecule has 26 heavy (non-hydrogen) atoms. The molecule has 0 atom stereocenters. The number of carbonyl (C=O) groups excluding carboxylic acids is 3. The van der Waals surface area contributed by atoms with Crippen molar-refractivity contribution in [2.75, 3.05) is 11.9 Å². The Labute approximate surface area is 148 Å². The van der Waals surface area contributed by atoms with Crippen LogP contribution < -0.4 is 5.32 Å². The van der Waals surface area contributed by atoms with Gasteiger partial charge in [0, 0.05) is 11.8 Å². The summed E-state index contributed by atoms with van der Waals surface area (Å²) in [5.41, 5.74) is 0.795. The maximum Gasteiger partial charge on any atom is 0.282 e. The fourth-order valence-electron chi connectivity index (χ4n) is 2.82. The molecule has 2 aromatic rings.